The second-order valence-electron chi connectivity index (χ2n) is 5.79. The third-order valence-corrected chi connectivity index (χ3v) is 4.16. The lowest BCUT2D eigenvalue weighted by molar-refractivity contribution is -0.126. The number of aromatic nitrogens is 3. The summed E-state index contributed by atoms with van der Waals surface area (Å²) in [6.45, 7) is 0.374. The Morgan fingerprint density at radius 3 is 2.91 bits per heavy atom. The molecule has 3 rings (SSSR count). The van der Waals surface area contributed by atoms with Crippen LogP contribution >= 0.6 is 0 Å². The van der Waals surface area contributed by atoms with Gasteiger partial charge in [0.1, 0.15) is 6.33 Å². The van der Waals surface area contributed by atoms with Crippen molar-refractivity contribution in [2.45, 2.75) is 38.3 Å². The number of nitrogens with zero attached hydrogens (tertiary/aromatic N) is 3. The molecule has 1 aromatic heterocycles. The van der Waals surface area contributed by atoms with E-state index in [0.717, 1.165) is 37.2 Å². The Bertz CT molecular complexity index is 624. The Morgan fingerprint density at radius 1 is 1.32 bits per heavy atom. The van der Waals surface area contributed by atoms with Gasteiger partial charge in [0.2, 0.25) is 5.91 Å². The Balaban J connectivity index is 1.63. The summed E-state index contributed by atoms with van der Waals surface area (Å²) in [5.41, 5.74) is 6.93. The van der Waals surface area contributed by atoms with Gasteiger partial charge in [-0.2, -0.15) is 0 Å². The monoisotopic (exact) mass is 299 g/mol. The summed E-state index contributed by atoms with van der Waals surface area (Å²) in [5.74, 6) is 0.814. The highest BCUT2D eigenvalue weighted by molar-refractivity contribution is 5.78. The zero-order valence-electron chi connectivity index (χ0n) is 12.5. The summed E-state index contributed by atoms with van der Waals surface area (Å²) in [6, 6.07) is 9.99. The molecule has 0 radical (unpaired) electrons. The van der Waals surface area contributed by atoms with Crippen molar-refractivity contribution in [2.24, 2.45) is 11.7 Å². The molecule has 0 bridgehead atoms. The van der Waals surface area contributed by atoms with Crippen molar-refractivity contribution in [2.75, 3.05) is 0 Å². The molecule has 1 amide bonds. The van der Waals surface area contributed by atoms with Crippen LogP contribution in [-0.4, -0.2) is 26.7 Å². The Kier molecular flexibility index (Phi) is 4.48. The van der Waals surface area contributed by atoms with Crippen LogP contribution in [0.5, 0.6) is 0 Å². The quantitative estimate of drug-likeness (QED) is 0.893. The molecule has 0 spiro atoms. The van der Waals surface area contributed by atoms with Crippen LogP contribution in [0.15, 0.2) is 36.7 Å². The number of nitrogens with one attached hydrogen (secondary N) is 1. The fraction of sp³-hybridized carbons (Fsp3) is 0.438. The average molecular weight is 299 g/mol. The van der Waals surface area contributed by atoms with Gasteiger partial charge < -0.3 is 11.1 Å². The molecule has 3 N–H and O–H groups in total. The second kappa shape index (κ2) is 6.70. The number of hydrogen-bond acceptors (Lipinski definition) is 4. The maximum absolute atomic E-state index is 12.3. The van der Waals surface area contributed by atoms with Gasteiger partial charge in [0.15, 0.2) is 5.82 Å². The van der Waals surface area contributed by atoms with E-state index >= 15 is 0 Å². The van der Waals surface area contributed by atoms with Crippen LogP contribution < -0.4 is 11.1 Å². The highest BCUT2D eigenvalue weighted by Crippen LogP contribution is 2.23. The predicted octanol–water partition coefficient (Wildman–Crippen LogP) is 1.40. The topological polar surface area (TPSA) is 85.8 Å². The molecular weight excluding hydrogens is 278 g/mol. The standard InChI is InChI=1S/C16H21N5O/c17-13-6-4-5-12(9-13)16(22)18-10-15-20-19-11-21(15)14-7-2-1-3-8-14/h1-3,7-8,11-13H,4-6,9-10,17H2,(H,18,22). The van der Waals surface area contributed by atoms with Gasteiger partial charge in [-0.25, -0.2) is 0 Å². The van der Waals surface area contributed by atoms with Gasteiger partial charge >= 0.3 is 0 Å². The number of nitrogens with two attached hydrogens (primary N) is 1. The molecule has 116 valence electrons. The molecule has 22 heavy (non-hydrogen) atoms. The molecule has 1 heterocycles. The third kappa shape index (κ3) is 3.33. The first-order valence-electron chi connectivity index (χ1n) is 7.71. The zero-order valence-corrected chi connectivity index (χ0v) is 12.5. The van der Waals surface area contributed by atoms with E-state index in [-0.39, 0.29) is 17.9 Å². The minimum Gasteiger partial charge on any atom is -0.349 e. The molecule has 0 aliphatic heterocycles. The Hall–Kier alpha value is -2.21. The van der Waals surface area contributed by atoms with Gasteiger partial charge in [-0.05, 0) is 31.4 Å². The molecule has 1 aliphatic rings. The van der Waals surface area contributed by atoms with Crippen molar-refractivity contribution in [1.82, 2.24) is 20.1 Å². The van der Waals surface area contributed by atoms with Gasteiger partial charge in [0.05, 0.1) is 6.54 Å². The number of para-hydroxylation sites is 1. The summed E-state index contributed by atoms with van der Waals surface area (Å²) in [5, 5.41) is 11.0. The molecule has 1 saturated carbocycles. The maximum atomic E-state index is 12.3. The molecule has 2 unspecified atom stereocenters. The van der Waals surface area contributed by atoms with E-state index in [1.807, 2.05) is 34.9 Å². The predicted molar refractivity (Wildman–Crippen MR) is 83.1 cm³/mol. The number of carbonyl (C=O) groups is 1. The largest absolute Gasteiger partial charge is 0.349 e. The van der Waals surface area contributed by atoms with E-state index in [4.69, 9.17) is 5.73 Å². The average Bonchev–Trinajstić information content (AvgIpc) is 3.02. The lowest BCUT2D eigenvalue weighted by atomic mass is 9.85. The third-order valence-electron chi connectivity index (χ3n) is 4.16. The van der Waals surface area contributed by atoms with Crippen molar-refractivity contribution in [3.8, 4) is 5.69 Å². The van der Waals surface area contributed by atoms with Crippen LogP contribution in [0.2, 0.25) is 0 Å². The van der Waals surface area contributed by atoms with Crippen molar-refractivity contribution < 1.29 is 4.79 Å². The molecule has 6 nitrogen and oxygen atoms in total. The highest BCUT2D eigenvalue weighted by atomic mass is 16.1. The fourth-order valence-corrected chi connectivity index (χ4v) is 2.96. The first-order valence-corrected chi connectivity index (χ1v) is 7.71. The van der Waals surface area contributed by atoms with Crippen molar-refractivity contribution in [1.29, 1.82) is 0 Å². The van der Waals surface area contributed by atoms with E-state index in [1.54, 1.807) is 6.33 Å². The van der Waals surface area contributed by atoms with Crippen molar-refractivity contribution in [3.05, 3.63) is 42.5 Å². The zero-order chi connectivity index (χ0) is 15.4. The SMILES string of the molecule is NC1CCCC(C(=O)NCc2nncn2-c2ccccc2)C1. The normalized spacial score (nSPS) is 21.5. The van der Waals surface area contributed by atoms with Crippen LogP contribution in [0.1, 0.15) is 31.5 Å². The summed E-state index contributed by atoms with van der Waals surface area (Å²) in [4.78, 5) is 12.3. The summed E-state index contributed by atoms with van der Waals surface area (Å²) in [7, 11) is 0. The number of benzene rings is 1. The van der Waals surface area contributed by atoms with E-state index < -0.39 is 0 Å². The van der Waals surface area contributed by atoms with Gasteiger partial charge in [0.25, 0.3) is 0 Å². The molecule has 2 atom stereocenters. The first-order chi connectivity index (χ1) is 10.7. The molecular formula is C16H21N5O. The molecule has 1 fully saturated rings. The summed E-state index contributed by atoms with van der Waals surface area (Å²) >= 11 is 0. The summed E-state index contributed by atoms with van der Waals surface area (Å²) in [6.07, 6.45) is 5.40. The van der Waals surface area contributed by atoms with Gasteiger partial charge in [0, 0.05) is 17.6 Å². The lowest BCUT2D eigenvalue weighted by Crippen LogP contribution is -2.37. The van der Waals surface area contributed by atoms with Crippen LogP contribution in [0.4, 0.5) is 0 Å². The maximum Gasteiger partial charge on any atom is 0.223 e. The smallest absolute Gasteiger partial charge is 0.223 e. The van der Waals surface area contributed by atoms with Gasteiger partial charge in [-0.3, -0.25) is 9.36 Å². The minimum absolute atomic E-state index is 0.0249. The van der Waals surface area contributed by atoms with Crippen LogP contribution in [0, 0.1) is 5.92 Å². The van der Waals surface area contributed by atoms with E-state index in [9.17, 15) is 4.79 Å². The van der Waals surface area contributed by atoms with Crippen molar-refractivity contribution >= 4 is 5.91 Å². The molecule has 1 aliphatic carbocycles. The Labute approximate surface area is 129 Å². The van der Waals surface area contributed by atoms with E-state index in [0.29, 0.717) is 6.54 Å². The molecule has 1 aromatic carbocycles. The first kappa shape index (κ1) is 14.7. The van der Waals surface area contributed by atoms with Crippen LogP contribution in [-0.2, 0) is 11.3 Å². The highest BCUT2D eigenvalue weighted by Gasteiger charge is 2.25. The number of rotatable bonds is 4. The molecule has 0 saturated heterocycles. The van der Waals surface area contributed by atoms with Crippen LogP contribution in [0.25, 0.3) is 5.69 Å². The fourth-order valence-electron chi connectivity index (χ4n) is 2.96. The van der Waals surface area contributed by atoms with Crippen molar-refractivity contribution in [3.63, 3.8) is 0 Å². The van der Waals surface area contributed by atoms with E-state index in [2.05, 4.69) is 15.5 Å². The van der Waals surface area contributed by atoms with Gasteiger partial charge in [-0.1, -0.05) is 24.6 Å². The van der Waals surface area contributed by atoms with Gasteiger partial charge in [-0.15, -0.1) is 10.2 Å². The second-order valence-corrected chi connectivity index (χ2v) is 5.79. The Morgan fingerprint density at radius 2 is 2.14 bits per heavy atom. The minimum atomic E-state index is 0.0249. The lowest BCUT2D eigenvalue weighted by Gasteiger charge is -2.25. The molecule has 2 aromatic rings. The number of amides is 1. The number of carbonyl (C=O) groups excluding carboxylic acids is 1. The number of hydrogen-bond donors (Lipinski definition) is 2. The van der Waals surface area contributed by atoms with E-state index in [1.165, 1.54) is 0 Å². The summed E-state index contributed by atoms with van der Waals surface area (Å²) < 4.78 is 1.88. The molecule has 6 heteroatoms. The van der Waals surface area contributed by atoms with Crippen LogP contribution in [0.3, 0.4) is 0 Å².